The average Bonchev–Trinajstić information content (AvgIpc) is 2.94. The Morgan fingerprint density at radius 1 is 1.19 bits per heavy atom. The van der Waals surface area contributed by atoms with Crippen molar-refractivity contribution in [1.82, 2.24) is 9.80 Å². The first-order valence-corrected chi connectivity index (χ1v) is 7.74. The summed E-state index contributed by atoms with van der Waals surface area (Å²) in [6, 6.07) is -1.43. The van der Waals surface area contributed by atoms with Crippen molar-refractivity contribution >= 4 is 0 Å². The Hall–Kier alpha value is -0.370. The third kappa shape index (κ3) is 4.09. The molecule has 0 saturated carbocycles. The quantitative estimate of drug-likeness (QED) is 0.834. The maximum atomic E-state index is 13.4. The number of aliphatic hydroxyl groups is 1. The van der Waals surface area contributed by atoms with Crippen LogP contribution in [0.5, 0.6) is 0 Å². The summed E-state index contributed by atoms with van der Waals surface area (Å²) in [6.07, 6.45) is -2.97. The van der Waals surface area contributed by atoms with E-state index in [4.69, 9.17) is 4.74 Å². The van der Waals surface area contributed by atoms with E-state index in [2.05, 4.69) is 4.90 Å². The standard InChI is InChI=1S/C14H25F3N2O2/c1-2-11(10-20)18-5-7-19(8-6-18)13(14(15,16)17)12-4-3-9-21-12/h11-13,20H,2-10H2,1H3. The zero-order valence-corrected chi connectivity index (χ0v) is 12.5. The molecule has 2 aliphatic rings. The molecular weight excluding hydrogens is 285 g/mol. The highest BCUT2D eigenvalue weighted by Gasteiger charge is 2.50. The van der Waals surface area contributed by atoms with E-state index in [1.807, 2.05) is 6.92 Å². The van der Waals surface area contributed by atoms with Gasteiger partial charge in [0.15, 0.2) is 0 Å². The second-order valence-corrected chi connectivity index (χ2v) is 5.85. The number of nitrogens with zero attached hydrogens (tertiary/aromatic N) is 2. The molecule has 1 N–H and O–H groups in total. The molecule has 2 rings (SSSR count). The molecule has 4 nitrogen and oxygen atoms in total. The molecule has 3 atom stereocenters. The minimum Gasteiger partial charge on any atom is -0.395 e. The van der Waals surface area contributed by atoms with Crippen molar-refractivity contribution in [2.75, 3.05) is 39.4 Å². The second kappa shape index (κ2) is 7.26. The lowest BCUT2D eigenvalue weighted by Gasteiger charge is -2.43. The summed E-state index contributed by atoms with van der Waals surface area (Å²) in [7, 11) is 0. The van der Waals surface area contributed by atoms with Crippen LogP contribution in [0.1, 0.15) is 26.2 Å². The van der Waals surface area contributed by atoms with E-state index in [1.54, 1.807) is 0 Å². The van der Waals surface area contributed by atoms with Crippen LogP contribution < -0.4 is 0 Å². The van der Waals surface area contributed by atoms with E-state index >= 15 is 0 Å². The van der Waals surface area contributed by atoms with E-state index in [-0.39, 0.29) is 12.6 Å². The number of hydrogen-bond acceptors (Lipinski definition) is 4. The molecule has 0 amide bonds. The van der Waals surface area contributed by atoms with Crippen LogP contribution in [0.3, 0.4) is 0 Å². The smallest absolute Gasteiger partial charge is 0.395 e. The van der Waals surface area contributed by atoms with Crippen molar-refractivity contribution < 1.29 is 23.0 Å². The van der Waals surface area contributed by atoms with E-state index in [9.17, 15) is 18.3 Å². The molecule has 2 aliphatic heterocycles. The van der Waals surface area contributed by atoms with Gasteiger partial charge in [-0.25, -0.2) is 0 Å². The normalized spacial score (nSPS) is 28.7. The first-order valence-electron chi connectivity index (χ1n) is 7.74. The van der Waals surface area contributed by atoms with Gasteiger partial charge in [-0.15, -0.1) is 0 Å². The number of hydrogen-bond donors (Lipinski definition) is 1. The number of alkyl halides is 3. The van der Waals surface area contributed by atoms with Gasteiger partial charge in [-0.1, -0.05) is 6.92 Å². The van der Waals surface area contributed by atoms with Gasteiger partial charge in [0, 0.05) is 38.8 Å². The number of piperazine rings is 1. The summed E-state index contributed by atoms with van der Waals surface area (Å²) in [5.74, 6) is 0. The molecule has 0 bridgehead atoms. The van der Waals surface area contributed by atoms with Crippen LogP contribution in [0, 0.1) is 0 Å². The molecule has 2 saturated heterocycles. The van der Waals surface area contributed by atoms with E-state index in [1.165, 1.54) is 4.90 Å². The highest BCUT2D eigenvalue weighted by atomic mass is 19.4. The molecule has 124 valence electrons. The summed E-state index contributed by atoms with van der Waals surface area (Å²) >= 11 is 0. The maximum Gasteiger partial charge on any atom is 0.406 e. The highest BCUT2D eigenvalue weighted by Crippen LogP contribution is 2.33. The summed E-state index contributed by atoms with van der Waals surface area (Å²) < 4.78 is 45.4. The fourth-order valence-corrected chi connectivity index (χ4v) is 3.39. The largest absolute Gasteiger partial charge is 0.406 e. The zero-order chi connectivity index (χ0) is 15.5. The third-order valence-corrected chi connectivity index (χ3v) is 4.59. The summed E-state index contributed by atoms with van der Waals surface area (Å²) in [4.78, 5) is 3.59. The highest BCUT2D eigenvalue weighted by molar-refractivity contribution is 4.91. The Morgan fingerprint density at radius 2 is 1.81 bits per heavy atom. The predicted octanol–water partition coefficient (Wildman–Crippen LogP) is 1.48. The van der Waals surface area contributed by atoms with Gasteiger partial charge in [0.2, 0.25) is 0 Å². The van der Waals surface area contributed by atoms with Crippen molar-refractivity contribution in [3.63, 3.8) is 0 Å². The summed E-state index contributed by atoms with van der Waals surface area (Å²) in [5.41, 5.74) is 0. The maximum absolute atomic E-state index is 13.4. The Kier molecular flexibility index (Phi) is 5.88. The molecule has 2 heterocycles. The molecule has 3 unspecified atom stereocenters. The Balaban J connectivity index is 1.97. The number of aliphatic hydroxyl groups excluding tert-OH is 1. The van der Waals surface area contributed by atoms with Gasteiger partial charge >= 0.3 is 6.18 Å². The monoisotopic (exact) mass is 310 g/mol. The number of ether oxygens (including phenoxy) is 1. The Bertz CT molecular complexity index is 310. The Morgan fingerprint density at radius 3 is 2.24 bits per heavy atom. The van der Waals surface area contributed by atoms with Gasteiger partial charge < -0.3 is 9.84 Å². The second-order valence-electron chi connectivity index (χ2n) is 5.85. The summed E-state index contributed by atoms with van der Waals surface area (Å²) in [5, 5.41) is 9.30. The molecule has 0 aromatic carbocycles. The van der Waals surface area contributed by atoms with Crippen molar-refractivity contribution in [3.8, 4) is 0 Å². The van der Waals surface area contributed by atoms with Gasteiger partial charge in [-0.3, -0.25) is 9.80 Å². The molecule has 0 aromatic rings. The first kappa shape index (κ1) is 17.0. The number of halogens is 3. The van der Waals surface area contributed by atoms with Crippen LogP contribution in [-0.4, -0.2) is 78.7 Å². The van der Waals surface area contributed by atoms with Crippen molar-refractivity contribution in [3.05, 3.63) is 0 Å². The van der Waals surface area contributed by atoms with Gasteiger partial charge in [0.25, 0.3) is 0 Å². The Labute approximate surface area is 123 Å². The minimum absolute atomic E-state index is 0.0548. The minimum atomic E-state index is -4.25. The fraction of sp³-hybridized carbons (Fsp3) is 1.00. The average molecular weight is 310 g/mol. The topological polar surface area (TPSA) is 35.9 Å². The molecule has 0 aromatic heterocycles. The van der Waals surface area contributed by atoms with Crippen LogP contribution in [0.15, 0.2) is 0 Å². The van der Waals surface area contributed by atoms with Crippen LogP contribution >= 0.6 is 0 Å². The van der Waals surface area contributed by atoms with Crippen LogP contribution in [0.2, 0.25) is 0 Å². The molecule has 21 heavy (non-hydrogen) atoms. The molecule has 7 heteroatoms. The van der Waals surface area contributed by atoms with E-state index in [0.29, 0.717) is 45.6 Å². The lowest BCUT2D eigenvalue weighted by atomic mass is 10.0. The van der Waals surface area contributed by atoms with Crippen molar-refractivity contribution in [2.45, 2.75) is 50.6 Å². The molecule has 0 radical (unpaired) electrons. The molecule has 0 spiro atoms. The van der Waals surface area contributed by atoms with Gasteiger partial charge in [0.1, 0.15) is 6.04 Å². The molecule has 2 fully saturated rings. The van der Waals surface area contributed by atoms with Crippen molar-refractivity contribution in [2.24, 2.45) is 0 Å². The first-order chi connectivity index (χ1) is 9.97. The molecule has 0 aliphatic carbocycles. The fourth-order valence-electron chi connectivity index (χ4n) is 3.39. The lowest BCUT2D eigenvalue weighted by molar-refractivity contribution is -0.213. The van der Waals surface area contributed by atoms with Gasteiger partial charge in [-0.05, 0) is 19.3 Å². The van der Waals surface area contributed by atoms with Crippen LogP contribution in [0.25, 0.3) is 0 Å². The SMILES string of the molecule is CCC(CO)N1CCN(C(C2CCCO2)C(F)(F)F)CC1. The van der Waals surface area contributed by atoms with Crippen LogP contribution in [-0.2, 0) is 4.74 Å². The summed E-state index contributed by atoms with van der Waals surface area (Å²) in [6.45, 7) is 4.36. The number of rotatable bonds is 5. The van der Waals surface area contributed by atoms with E-state index < -0.39 is 18.3 Å². The van der Waals surface area contributed by atoms with Crippen molar-refractivity contribution in [1.29, 1.82) is 0 Å². The lowest BCUT2D eigenvalue weighted by Crippen LogP contribution is -2.60. The van der Waals surface area contributed by atoms with Crippen LogP contribution in [0.4, 0.5) is 13.2 Å². The zero-order valence-electron chi connectivity index (χ0n) is 12.5. The predicted molar refractivity (Wildman–Crippen MR) is 73.1 cm³/mol. The van der Waals surface area contributed by atoms with E-state index in [0.717, 1.165) is 6.42 Å². The molecular formula is C14H25F3N2O2. The third-order valence-electron chi connectivity index (χ3n) is 4.59. The van der Waals surface area contributed by atoms with Gasteiger partial charge in [0.05, 0.1) is 12.7 Å². The van der Waals surface area contributed by atoms with Gasteiger partial charge in [-0.2, -0.15) is 13.2 Å².